The summed E-state index contributed by atoms with van der Waals surface area (Å²) in [5.41, 5.74) is -0.651. The molecule has 3 atom stereocenters. The first-order valence-corrected chi connectivity index (χ1v) is 11.3. The van der Waals surface area contributed by atoms with Crippen molar-refractivity contribution >= 4 is 39.0 Å². The molecule has 2 N–H and O–H groups in total. The first-order chi connectivity index (χ1) is 11.7. The van der Waals surface area contributed by atoms with Crippen molar-refractivity contribution in [2.45, 2.75) is 49.2 Å². The van der Waals surface area contributed by atoms with Gasteiger partial charge >= 0.3 is 0 Å². The molecular formula is C15H26IN5O3S. The Morgan fingerprint density at radius 3 is 2.68 bits per heavy atom. The van der Waals surface area contributed by atoms with E-state index in [2.05, 4.69) is 40.9 Å². The number of hydrogen-bond acceptors (Lipinski definition) is 5. The first-order valence-electron chi connectivity index (χ1n) is 8.92. The average Bonchev–Trinajstić information content (AvgIpc) is 2.95. The normalized spacial score (nSPS) is 43.1. The van der Waals surface area contributed by atoms with E-state index in [1.54, 1.807) is 4.31 Å². The van der Waals surface area contributed by atoms with Crippen molar-refractivity contribution in [2.75, 3.05) is 39.8 Å². The van der Waals surface area contributed by atoms with E-state index < -0.39 is 10.2 Å². The quantitative estimate of drug-likeness (QED) is 0.395. The Labute approximate surface area is 163 Å². The second-order valence-corrected chi connectivity index (χ2v) is 11.3. The van der Waals surface area contributed by atoms with Gasteiger partial charge in [-0.1, -0.05) is 0 Å². The molecular weight excluding hydrogens is 457 g/mol. The summed E-state index contributed by atoms with van der Waals surface area (Å²) in [6.45, 7) is 3.78. The van der Waals surface area contributed by atoms with Crippen LogP contribution in [0.3, 0.4) is 0 Å². The lowest BCUT2D eigenvalue weighted by Crippen LogP contribution is -2.62. The smallest absolute Gasteiger partial charge is 0.280 e. The molecule has 1 amide bonds. The molecule has 0 aliphatic carbocycles. The van der Waals surface area contributed by atoms with Crippen LogP contribution in [0.4, 0.5) is 0 Å². The van der Waals surface area contributed by atoms with Gasteiger partial charge in [-0.05, 0) is 32.7 Å². The van der Waals surface area contributed by atoms with Gasteiger partial charge in [-0.3, -0.25) is 4.79 Å². The van der Waals surface area contributed by atoms with Crippen molar-refractivity contribution in [1.82, 2.24) is 22.4 Å². The molecule has 0 radical (unpaired) electrons. The summed E-state index contributed by atoms with van der Waals surface area (Å²) in [6, 6.07) is -0.0985. The van der Waals surface area contributed by atoms with Gasteiger partial charge in [0.15, 0.2) is 0 Å². The summed E-state index contributed by atoms with van der Waals surface area (Å²) < 4.78 is 32.6. The largest absolute Gasteiger partial charge is 0.349 e. The Morgan fingerprint density at radius 2 is 2.00 bits per heavy atom. The summed E-state index contributed by atoms with van der Waals surface area (Å²) in [6.07, 6.45) is 3.92. The number of amides is 1. The highest BCUT2D eigenvalue weighted by molar-refractivity contribution is 14.1. The van der Waals surface area contributed by atoms with Gasteiger partial charge in [-0.2, -0.15) is 17.4 Å². The zero-order valence-electron chi connectivity index (χ0n) is 14.5. The number of likely N-dealkylation sites (tertiary alicyclic amines) is 1. The number of carbonyl (C=O) groups is 1. The van der Waals surface area contributed by atoms with E-state index in [1.807, 2.05) is 7.05 Å². The number of hydrogen-bond donors (Lipinski definition) is 2. The summed E-state index contributed by atoms with van der Waals surface area (Å²) in [4.78, 5) is 13.9. The lowest BCUT2D eigenvalue weighted by Gasteiger charge is -2.45. The van der Waals surface area contributed by atoms with Crippen LogP contribution in [0.15, 0.2) is 0 Å². The van der Waals surface area contributed by atoms with Crippen LogP contribution in [0, 0.1) is 0 Å². The third-order valence-corrected chi connectivity index (χ3v) is 8.57. The van der Waals surface area contributed by atoms with E-state index >= 15 is 0 Å². The van der Waals surface area contributed by atoms with Gasteiger partial charge in [0.2, 0.25) is 5.91 Å². The van der Waals surface area contributed by atoms with Crippen LogP contribution in [-0.4, -0.2) is 83.5 Å². The van der Waals surface area contributed by atoms with Gasteiger partial charge in [-0.25, -0.2) is 3.11 Å². The second kappa shape index (κ2) is 6.26. The van der Waals surface area contributed by atoms with Crippen molar-refractivity contribution in [2.24, 2.45) is 0 Å². The predicted molar refractivity (Wildman–Crippen MR) is 102 cm³/mol. The molecule has 4 rings (SSSR count). The Hall–Kier alpha value is -0.0100. The molecule has 25 heavy (non-hydrogen) atoms. The maximum Gasteiger partial charge on any atom is 0.280 e. The van der Waals surface area contributed by atoms with Gasteiger partial charge < -0.3 is 10.2 Å². The van der Waals surface area contributed by atoms with E-state index in [-0.39, 0.29) is 23.0 Å². The van der Waals surface area contributed by atoms with Crippen molar-refractivity contribution in [3.05, 3.63) is 0 Å². The zero-order chi connectivity index (χ0) is 17.9. The van der Waals surface area contributed by atoms with E-state index in [9.17, 15) is 13.2 Å². The highest BCUT2D eigenvalue weighted by Gasteiger charge is 2.54. The predicted octanol–water partition coefficient (Wildman–Crippen LogP) is -0.326. The van der Waals surface area contributed by atoms with E-state index in [0.717, 1.165) is 38.9 Å². The monoisotopic (exact) mass is 483 g/mol. The minimum absolute atomic E-state index is 0.0840. The molecule has 0 aromatic heterocycles. The molecule has 10 heteroatoms. The van der Waals surface area contributed by atoms with Gasteiger partial charge in [0.1, 0.15) is 0 Å². The number of piperidine rings is 2. The third-order valence-electron chi connectivity index (χ3n) is 6.01. The SMILES string of the molecule is CN1CC(N2CC3(CCCN(I)C3)NS2(=O)=O)CC2(CCC(=O)N2)C1. The van der Waals surface area contributed by atoms with Crippen LogP contribution in [0.2, 0.25) is 0 Å². The fraction of sp³-hybridized carbons (Fsp3) is 0.933. The summed E-state index contributed by atoms with van der Waals surface area (Å²) >= 11 is 2.29. The highest BCUT2D eigenvalue weighted by atomic mass is 127. The Bertz CT molecular complexity index is 676. The molecule has 8 nitrogen and oxygen atoms in total. The lowest BCUT2D eigenvalue weighted by atomic mass is 9.84. The molecule has 4 heterocycles. The molecule has 0 aromatic carbocycles. The molecule has 2 spiro atoms. The maximum absolute atomic E-state index is 12.9. The first kappa shape index (κ1) is 18.4. The maximum atomic E-state index is 12.9. The molecule has 0 bridgehead atoms. The summed E-state index contributed by atoms with van der Waals surface area (Å²) in [5.74, 6) is 0.0840. The summed E-state index contributed by atoms with van der Waals surface area (Å²) in [7, 11) is -1.48. The van der Waals surface area contributed by atoms with Gasteiger partial charge in [-0.15, -0.1) is 0 Å². The molecule has 3 unspecified atom stereocenters. The van der Waals surface area contributed by atoms with Crippen LogP contribution >= 0.6 is 22.9 Å². The molecule has 4 aliphatic rings. The Morgan fingerprint density at radius 1 is 1.20 bits per heavy atom. The van der Waals surface area contributed by atoms with E-state index in [4.69, 9.17) is 0 Å². The van der Waals surface area contributed by atoms with Crippen LogP contribution < -0.4 is 10.0 Å². The van der Waals surface area contributed by atoms with E-state index in [0.29, 0.717) is 25.9 Å². The van der Waals surface area contributed by atoms with Crippen LogP contribution in [0.1, 0.15) is 32.1 Å². The number of carbonyl (C=O) groups excluding carboxylic acids is 1. The van der Waals surface area contributed by atoms with Crippen LogP contribution in [0.5, 0.6) is 0 Å². The minimum Gasteiger partial charge on any atom is -0.349 e. The fourth-order valence-electron chi connectivity index (χ4n) is 5.12. The standard InChI is InChI=1S/C15H26IN5O3S/c1-19-8-12(7-14(9-19)5-3-13(22)17-14)21-11-15(18-25(21,23)24)4-2-6-20(16)10-15/h12,18H,2-11H2,1H3,(H,17,22). The van der Waals surface area contributed by atoms with Gasteiger partial charge in [0.25, 0.3) is 10.2 Å². The fourth-order valence-corrected chi connectivity index (χ4v) is 7.96. The second-order valence-electron chi connectivity index (χ2n) is 8.26. The van der Waals surface area contributed by atoms with Crippen molar-refractivity contribution in [3.63, 3.8) is 0 Å². The minimum atomic E-state index is -3.49. The van der Waals surface area contributed by atoms with Crippen molar-refractivity contribution in [1.29, 1.82) is 0 Å². The molecule has 4 saturated heterocycles. The average molecular weight is 483 g/mol. The number of rotatable bonds is 1. The number of nitrogens with zero attached hydrogens (tertiary/aromatic N) is 3. The van der Waals surface area contributed by atoms with Crippen LogP contribution in [-0.2, 0) is 15.0 Å². The number of halogens is 1. The number of likely N-dealkylation sites (N-methyl/N-ethyl adjacent to an activating group) is 1. The van der Waals surface area contributed by atoms with Crippen LogP contribution in [0.25, 0.3) is 0 Å². The highest BCUT2D eigenvalue weighted by Crippen LogP contribution is 2.37. The molecule has 0 saturated carbocycles. The number of nitrogens with one attached hydrogen (secondary N) is 2. The summed E-state index contributed by atoms with van der Waals surface area (Å²) in [5, 5.41) is 3.13. The third kappa shape index (κ3) is 3.45. The Kier molecular flexibility index (Phi) is 4.60. The molecule has 4 fully saturated rings. The van der Waals surface area contributed by atoms with Crippen molar-refractivity contribution < 1.29 is 13.2 Å². The molecule has 142 valence electrons. The van der Waals surface area contributed by atoms with Gasteiger partial charge in [0, 0.05) is 68.1 Å². The van der Waals surface area contributed by atoms with Gasteiger partial charge in [0.05, 0.1) is 11.1 Å². The molecule has 0 aromatic rings. The molecule has 4 aliphatic heterocycles. The van der Waals surface area contributed by atoms with E-state index in [1.165, 1.54) is 0 Å². The Balaban J connectivity index is 1.57. The topological polar surface area (TPSA) is 85.0 Å². The van der Waals surface area contributed by atoms with Crippen molar-refractivity contribution in [3.8, 4) is 0 Å². The zero-order valence-corrected chi connectivity index (χ0v) is 17.5. The lowest BCUT2D eigenvalue weighted by molar-refractivity contribution is -0.120.